The normalized spacial score (nSPS) is 14.3. The molecule has 34 heavy (non-hydrogen) atoms. The Morgan fingerprint density at radius 3 is 2.71 bits per heavy atom. The number of aryl methyl sites for hydroxylation is 1. The summed E-state index contributed by atoms with van der Waals surface area (Å²) in [6.07, 6.45) is 0. The van der Waals surface area contributed by atoms with Gasteiger partial charge in [0.1, 0.15) is 25.1 Å². The van der Waals surface area contributed by atoms with E-state index in [1.807, 2.05) is 66.3 Å². The van der Waals surface area contributed by atoms with E-state index in [2.05, 4.69) is 31.3 Å². The van der Waals surface area contributed by atoms with Crippen molar-refractivity contribution in [2.24, 2.45) is 12.0 Å². The minimum Gasteiger partial charge on any atom is -0.486 e. The molecule has 0 saturated carbocycles. The molecule has 3 aliphatic rings. The fourth-order valence-electron chi connectivity index (χ4n) is 3.95. The third kappa shape index (κ3) is 4.14. The lowest BCUT2D eigenvalue weighted by Crippen LogP contribution is -2.17. The van der Waals surface area contributed by atoms with Gasteiger partial charge in [0.2, 0.25) is 0 Å². The molecule has 2 aromatic carbocycles. The van der Waals surface area contributed by atoms with Gasteiger partial charge in [0.05, 0.1) is 16.7 Å². The topological polar surface area (TPSA) is 101 Å². The van der Waals surface area contributed by atoms with Crippen LogP contribution in [-0.4, -0.2) is 40.1 Å². The van der Waals surface area contributed by atoms with Gasteiger partial charge < -0.3 is 19.9 Å². The maximum absolute atomic E-state index is 11.1. The highest BCUT2D eigenvalue weighted by atomic mass is 79.9. The molecule has 1 aliphatic carbocycles. The molecule has 174 valence electrons. The van der Waals surface area contributed by atoms with E-state index in [4.69, 9.17) is 14.6 Å². The summed E-state index contributed by atoms with van der Waals surface area (Å²) in [6, 6.07) is 16.8. The first-order chi connectivity index (χ1) is 16.4. The number of carboxylic acids is 1. The smallest absolute Gasteiger partial charge is 0.328 e. The highest BCUT2D eigenvalue weighted by Gasteiger charge is 2.18. The van der Waals surface area contributed by atoms with E-state index in [1.165, 1.54) is 0 Å². The first-order valence-electron chi connectivity index (χ1n) is 10.8. The average molecular weight is 523 g/mol. The largest absolute Gasteiger partial charge is 0.486 e. The van der Waals surface area contributed by atoms with Crippen LogP contribution in [0.25, 0.3) is 22.4 Å². The van der Waals surface area contributed by atoms with Crippen molar-refractivity contribution < 1.29 is 19.4 Å². The van der Waals surface area contributed by atoms with Crippen molar-refractivity contribution in [3.8, 4) is 33.9 Å². The zero-order chi connectivity index (χ0) is 23.8. The lowest BCUT2D eigenvalue weighted by molar-refractivity contribution is -0.138. The minimum absolute atomic E-state index is 0.542. The van der Waals surface area contributed by atoms with Gasteiger partial charge in [0, 0.05) is 17.1 Å². The number of rotatable bonds is 5. The van der Waals surface area contributed by atoms with Gasteiger partial charge in [-0.3, -0.25) is 14.8 Å². The number of carbonyl (C=O) groups is 1. The summed E-state index contributed by atoms with van der Waals surface area (Å²) >= 11 is 3.77. The van der Waals surface area contributed by atoms with Crippen LogP contribution in [0.3, 0.4) is 0 Å². The molecule has 0 aromatic heterocycles. The molecule has 0 saturated heterocycles. The van der Waals surface area contributed by atoms with E-state index in [9.17, 15) is 4.79 Å². The van der Waals surface area contributed by atoms with E-state index in [1.54, 1.807) is 6.92 Å². The van der Waals surface area contributed by atoms with E-state index < -0.39 is 12.0 Å². The van der Waals surface area contributed by atoms with Crippen molar-refractivity contribution in [2.75, 3.05) is 18.5 Å². The first kappa shape index (κ1) is 22.1. The number of fused-ring (bicyclic) bond motifs is 2. The number of nitrogens with one attached hydrogen (secondary N) is 2. The average Bonchev–Trinajstić information content (AvgIpc) is 3.14. The van der Waals surface area contributed by atoms with E-state index in [-0.39, 0.29) is 0 Å². The zero-order valence-electron chi connectivity index (χ0n) is 18.6. The molecule has 0 fully saturated rings. The first-order valence-corrected chi connectivity index (χ1v) is 11.6. The molecule has 2 heterocycles. The second-order valence-corrected chi connectivity index (χ2v) is 8.83. The molecule has 0 spiro atoms. The molecule has 0 bridgehead atoms. The number of benzene rings is 3. The number of aliphatic carboxylic acids is 1. The van der Waals surface area contributed by atoms with Gasteiger partial charge in [-0.2, -0.15) is 0 Å². The number of aromatic nitrogens is 2. The monoisotopic (exact) mass is 522 g/mol. The summed E-state index contributed by atoms with van der Waals surface area (Å²) in [7, 11) is 1.90. The van der Waals surface area contributed by atoms with Crippen molar-refractivity contribution in [3.05, 3.63) is 64.4 Å². The second-order valence-electron chi connectivity index (χ2n) is 8.04. The molecule has 0 radical (unpaired) electrons. The van der Waals surface area contributed by atoms with Crippen molar-refractivity contribution in [3.63, 3.8) is 0 Å². The molecule has 0 amide bonds. The van der Waals surface area contributed by atoms with Crippen LogP contribution < -0.4 is 20.1 Å². The molecule has 8 nitrogen and oxygen atoms in total. The minimum atomic E-state index is -0.955. The van der Waals surface area contributed by atoms with Crippen molar-refractivity contribution >= 4 is 33.4 Å². The summed E-state index contributed by atoms with van der Waals surface area (Å²) in [5, 5.41) is 16.6. The van der Waals surface area contributed by atoms with Crippen LogP contribution in [0.1, 0.15) is 6.92 Å². The number of carboxylic acid groups (broad SMARTS) is 1. The fraction of sp³-hybridized carbons (Fsp3) is 0.200. The summed E-state index contributed by atoms with van der Waals surface area (Å²) < 4.78 is 14.2. The molecule has 2 aromatic rings. The Bertz CT molecular complexity index is 1420. The predicted octanol–water partition coefficient (Wildman–Crippen LogP) is 4.78. The fourth-order valence-corrected chi connectivity index (χ4v) is 4.54. The molecular formula is C25H23BrN4O4. The number of anilines is 2. The van der Waals surface area contributed by atoms with Gasteiger partial charge in [-0.05, 0) is 70.4 Å². The molecular weight excluding hydrogens is 500 g/mol. The standard InChI is InChI=1S/C25H23BrN4O4/c1-14(25(31)32)27-16-7-8-18-20(13-16)30(2)29-24(18)28-19-5-3-4-17(23(19)26)15-6-9-21-22(12-15)34-11-10-33-21/h3-9,12-14,28-29H,10-11H2,1-2H3,(H,31,32). The van der Waals surface area contributed by atoms with Crippen molar-refractivity contribution in [2.45, 2.75) is 13.0 Å². The van der Waals surface area contributed by atoms with Gasteiger partial charge in [0.25, 0.3) is 0 Å². The Balaban J connectivity index is 1.48. The Morgan fingerprint density at radius 2 is 1.91 bits per heavy atom. The predicted molar refractivity (Wildman–Crippen MR) is 133 cm³/mol. The summed E-state index contributed by atoms with van der Waals surface area (Å²) in [6.45, 7) is 2.66. The van der Waals surface area contributed by atoms with Crippen LogP contribution in [-0.2, 0) is 11.8 Å². The lowest BCUT2D eigenvalue weighted by Gasteiger charge is -2.19. The second kappa shape index (κ2) is 8.90. The van der Waals surface area contributed by atoms with E-state index in [0.717, 1.165) is 49.9 Å². The SMILES string of the molecule is CC(N=c1ccc2c(Nc3cccc(-c4ccc5c(c4)OCCO5)c3Br)[nH]n(C)c-2c1)C(=O)O. The van der Waals surface area contributed by atoms with Crippen LogP contribution in [0, 0.1) is 0 Å². The molecule has 1 atom stereocenters. The van der Waals surface area contributed by atoms with Gasteiger partial charge in [-0.1, -0.05) is 18.2 Å². The number of nitrogens with zero attached hydrogens (tertiary/aromatic N) is 2. The highest BCUT2D eigenvalue weighted by Crippen LogP contribution is 2.40. The number of ether oxygens (including phenoxy) is 2. The number of H-pyrrole nitrogens is 1. The van der Waals surface area contributed by atoms with E-state index >= 15 is 0 Å². The maximum atomic E-state index is 11.1. The Morgan fingerprint density at radius 1 is 1.12 bits per heavy atom. The van der Waals surface area contributed by atoms with Gasteiger partial charge >= 0.3 is 5.97 Å². The zero-order valence-corrected chi connectivity index (χ0v) is 20.2. The van der Waals surface area contributed by atoms with E-state index in [0.29, 0.717) is 18.6 Å². The molecule has 3 N–H and O–H groups in total. The Labute approximate surface area is 204 Å². The summed E-state index contributed by atoms with van der Waals surface area (Å²) in [5.74, 6) is 1.36. The number of aromatic amines is 1. The van der Waals surface area contributed by atoms with Gasteiger partial charge in [-0.25, -0.2) is 4.79 Å². The Kier molecular flexibility index (Phi) is 5.79. The number of hydrogen-bond donors (Lipinski definition) is 3. The van der Waals surface area contributed by atoms with Crippen molar-refractivity contribution in [1.82, 2.24) is 9.78 Å². The van der Waals surface area contributed by atoms with Crippen molar-refractivity contribution in [1.29, 1.82) is 0 Å². The third-order valence-corrected chi connectivity index (χ3v) is 6.56. The summed E-state index contributed by atoms with van der Waals surface area (Å²) in [5.41, 5.74) is 4.79. The molecule has 1 unspecified atom stereocenters. The van der Waals surface area contributed by atoms with Crippen LogP contribution in [0.15, 0.2) is 64.1 Å². The van der Waals surface area contributed by atoms with Crippen LogP contribution in [0.4, 0.5) is 11.5 Å². The maximum Gasteiger partial charge on any atom is 0.328 e. The third-order valence-electron chi connectivity index (χ3n) is 5.70. The summed E-state index contributed by atoms with van der Waals surface area (Å²) in [4.78, 5) is 15.4. The van der Waals surface area contributed by atoms with Crippen LogP contribution in [0.5, 0.6) is 11.5 Å². The molecule has 5 rings (SSSR count). The number of halogens is 1. The van der Waals surface area contributed by atoms with Crippen LogP contribution >= 0.6 is 15.9 Å². The van der Waals surface area contributed by atoms with Crippen LogP contribution in [0.2, 0.25) is 0 Å². The number of hydrogen-bond acceptors (Lipinski definition) is 5. The molecule has 9 heteroatoms. The highest BCUT2D eigenvalue weighted by molar-refractivity contribution is 9.10. The quantitative estimate of drug-likeness (QED) is 0.350. The van der Waals surface area contributed by atoms with Gasteiger partial charge in [-0.15, -0.1) is 0 Å². The van der Waals surface area contributed by atoms with Gasteiger partial charge in [0.15, 0.2) is 11.5 Å². The molecule has 2 aliphatic heterocycles. The Hall–Kier alpha value is -3.72. The lowest BCUT2D eigenvalue weighted by atomic mass is 10.0.